The molecule has 0 amide bonds. The second-order valence-electron chi connectivity index (χ2n) is 4.04. The summed E-state index contributed by atoms with van der Waals surface area (Å²) in [5.74, 6) is 1.03. The maximum absolute atomic E-state index is 5.38. The average molecular weight is 207 g/mol. The van der Waals surface area contributed by atoms with Gasteiger partial charge < -0.3 is 9.64 Å². The fraction of sp³-hybridized carbons (Fsp3) is 0.636. The van der Waals surface area contributed by atoms with Crippen LogP contribution in [0.3, 0.4) is 0 Å². The molecular formula is C11H17N3O. The SMILES string of the molecule is Cc1ncnc(N(C)[C@@H]2CCOC2)c1C. The lowest BCUT2D eigenvalue weighted by molar-refractivity contribution is 0.193. The Morgan fingerprint density at radius 2 is 2.20 bits per heavy atom. The van der Waals surface area contributed by atoms with Crippen LogP contribution < -0.4 is 4.90 Å². The lowest BCUT2D eigenvalue weighted by Crippen LogP contribution is -2.33. The minimum atomic E-state index is 0.456. The topological polar surface area (TPSA) is 38.2 Å². The van der Waals surface area contributed by atoms with Crippen molar-refractivity contribution >= 4 is 5.82 Å². The van der Waals surface area contributed by atoms with Crippen LogP contribution in [0, 0.1) is 13.8 Å². The molecule has 2 rings (SSSR count). The number of anilines is 1. The molecule has 0 radical (unpaired) electrons. The fourth-order valence-corrected chi connectivity index (χ4v) is 1.88. The normalized spacial score (nSPS) is 20.6. The summed E-state index contributed by atoms with van der Waals surface area (Å²) in [6.45, 7) is 5.74. The molecule has 0 N–H and O–H groups in total. The molecule has 0 unspecified atom stereocenters. The standard InChI is InChI=1S/C11H17N3O/c1-8-9(2)12-7-13-11(8)14(3)10-4-5-15-6-10/h7,10H,4-6H2,1-3H3/t10-/m1/s1. The molecule has 82 valence electrons. The van der Waals surface area contributed by atoms with Crippen molar-refractivity contribution in [2.45, 2.75) is 26.3 Å². The van der Waals surface area contributed by atoms with Gasteiger partial charge in [0.15, 0.2) is 0 Å². The van der Waals surface area contributed by atoms with Gasteiger partial charge in [-0.3, -0.25) is 0 Å². The quantitative estimate of drug-likeness (QED) is 0.733. The number of hydrogen-bond acceptors (Lipinski definition) is 4. The minimum Gasteiger partial charge on any atom is -0.379 e. The Morgan fingerprint density at radius 3 is 2.87 bits per heavy atom. The van der Waals surface area contributed by atoms with E-state index in [2.05, 4.69) is 28.8 Å². The van der Waals surface area contributed by atoms with Crippen LogP contribution in [0.15, 0.2) is 6.33 Å². The van der Waals surface area contributed by atoms with E-state index in [0.717, 1.165) is 36.7 Å². The molecule has 1 saturated heterocycles. The fourth-order valence-electron chi connectivity index (χ4n) is 1.88. The Kier molecular flexibility index (Phi) is 2.86. The van der Waals surface area contributed by atoms with Gasteiger partial charge in [-0.1, -0.05) is 0 Å². The van der Waals surface area contributed by atoms with Gasteiger partial charge in [0.05, 0.1) is 12.6 Å². The first-order valence-electron chi connectivity index (χ1n) is 5.29. The summed E-state index contributed by atoms with van der Waals surface area (Å²) in [7, 11) is 2.08. The lowest BCUT2D eigenvalue weighted by atomic mass is 10.2. The molecule has 0 spiro atoms. The van der Waals surface area contributed by atoms with Gasteiger partial charge >= 0.3 is 0 Å². The molecule has 15 heavy (non-hydrogen) atoms. The predicted molar refractivity (Wildman–Crippen MR) is 59.1 cm³/mol. The summed E-state index contributed by atoms with van der Waals surface area (Å²) >= 11 is 0. The Bertz CT molecular complexity index is 348. The largest absolute Gasteiger partial charge is 0.379 e. The minimum absolute atomic E-state index is 0.456. The first kappa shape index (κ1) is 10.4. The summed E-state index contributed by atoms with van der Waals surface area (Å²) in [6, 6.07) is 0.456. The zero-order valence-electron chi connectivity index (χ0n) is 9.53. The average Bonchev–Trinajstić information content (AvgIpc) is 2.74. The van der Waals surface area contributed by atoms with Crippen LogP contribution in [0.1, 0.15) is 17.7 Å². The van der Waals surface area contributed by atoms with E-state index in [1.807, 2.05) is 6.92 Å². The molecule has 4 heteroatoms. The monoisotopic (exact) mass is 207 g/mol. The van der Waals surface area contributed by atoms with Gasteiger partial charge in [0.1, 0.15) is 12.1 Å². The number of aromatic nitrogens is 2. The molecule has 1 aliphatic rings. The van der Waals surface area contributed by atoms with E-state index in [0.29, 0.717) is 6.04 Å². The number of nitrogens with zero attached hydrogens (tertiary/aromatic N) is 3. The Labute approximate surface area is 90.3 Å². The van der Waals surface area contributed by atoms with Crippen molar-refractivity contribution in [3.63, 3.8) is 0 Å². The van der Waals surface area contributed by atoms with Crippen LogP contribution >= 0.6 is 0 Å². The van der Waals surface area contributed by atoms with Crippen LogP contribution in [0.5, 0.6) is 0 Å². The molecule has 1 aromatic rings. The lowest BCUT2D eigenvalue weighted by Gasteiger charge is -2.25. The maximum atomic E-state index is 5.38. The van der Waals surface area contributed by atoms with E-state index in [1.165, 1.54) is 0 Å². The zero-order valence-corrected chi connectivity index (χ0v) is 9.53. The molecule has 1 fully saturated rings. The van der Waals surface area contributed by atoms with E-state index in [9.17, 15) is 0 Å². The van der Waals surface area contributed by atoms with Crippen molar-refractivity contribution in [3.8, 4) is 0 Å². The van der Waals surface area contributed by atoms with Crippen LogP contribution in [-0.4, -0.2) is 36.3 Å². The Morgan fingerprint density at radius 1 is 1.40 bits per heavy atom. The summed E-state index contributed by atoms with van der Waals surface area (Å²) in [6.07, 6.45) is 2.71. The van der Waals surface area contributed by atoms with E-state index in [1.54, 1.807) is 6.33 Å². The number of likely N-dealkylation sites (N-methyl/N-ethyl adjacent to an activating group) is 1. The van der Waals surface area contributed by atoms with E-state index < -0.39 is 0 Å². The molecular weight excluding hydrogens is 190 g/mol. The number of hydrogen-bond donors (Lipinski definition) is 0. The highest BCUT2D eigenvalue weighted by molar-refractivity contribution is 5.47. The third-order valence-corrected chi connectivity index (χ3v) is 3.10. The van der Waals surface area contributed by atoms with Crippen molar-refractivity contribution in [2.24, 2.45) is 0 Å². The van der Waals surface area contributed by atoms with Gasteiger partial charge in [0, 0.05) is 24.9 Å². The first-order chi connectivity index (χ1) is 7.20. The van der Waals surface area contributed by atoms with Gasteiger partial charge in [-0.25, -0.2) is 9.97 Å². The highest BCUT2D eigenvalue weighted by atomic mass is 16.5. The third-order valence-electron chi connectivity index (χ3n) is 3.10. The highest BCUT2D eigenvalue weighted by Gasteiger charge is 2.22. The van der Waals surface area contributed by atoms with Crippen LogP contribution in [0.2, 0.25) is 0 Å². The Balaban J connectivity index is 2.24. The van der Waals surface area contributed by atoms with Gasteiger partial charge in [0.2, 0.25) is 0 Å². The van der Waals surface area contributed by atoms with Gasteiger partial charge in [0.25, 0.3) is 0 Å². The Hall–Kier alpha value is -1.16. The predicted octanol–water partition coefficient (Wildman–Crippen LogP) is 1.32. The van der Waals surface area contributed by atoms with E-state index >= 15 is 0 Å². The zero-order chi connectivity index (χ0) is 10.8. The van der Waals surface area contributed by atoms with Crippen molar-refractivity contribution in [2.75, 3.05) is 25.2 Å². The van der Waals surface area contributed by atoms with Gasteiger partial charge in [-0.15, -0.1) is 0 Å². The van der Waals surface area contributed by atoms with Crippen LogP contribution in [0.25, 0.3) is 0 Å². The summed E-state index contributed by atoms with van der Waals surface area (Å²) < 4.78 is 5.38. The maximum Gasteiger partial charge on any atom is 0.135 e. The molecule has 0 aromatic carbocycles. The number of aryl methyl sites for hydroxylation is 1. The molecule has 4 nitrogen and oxygen atoms in total. The summed E-state index contributed by atoms with van der Waals surface area (Å²) in [4.78, 5) is 10.7. The van der Waals surface area contributed by atoms with E-state index in [-0.39, 0.29) is 0 Å². The third kappa shape index (κ3) is 1.95. The molecule has 1 aliphatic heterocycles. The van der Waals surface area contributed by atoms with E-state index in [4.69, 9.17) is 4.74 Å². The smallest absolute Gasteiger partial charge is 0.135 e. The number of ether oxygens (including phenoxy) is 1. The molecule has 1 atom stereocenters. The summed E-state index contributed by atoms with van der Waals surface area (Å²) in [5.41, 5.74) is 2.21. The number of rotatable bonds is 2. The molecule has 2 heterocycles. The van der Waals surface area contributed by atoms with Crippen molar-refractivity contribution in [3.05, 3.63) is 17.6 Å². The second-order valence-corrected chi connectivity index (χ2v) is 4.04. The van der Waals surface area contributed by atoms with Crippen molar-refractivity contribution in [1.82, 2.24) is 9.97 Å². The molecule has 0 bridgehead atoms. The van der Waals surface area contributed by atoms with Crippen molar-refractivity contribution in [1.29, 1.82) is 0 Å². The highest BCUT2D eigenvalue weighted by Crippen LogP contribution is 2.22. The van der Waals surface area contributed by atoms with Gasteiger partial charge in [-0.2, -0.15) is 0 Å². The van der Waals surface area contributed by atoms with Gasteiger partial charge in [-0.05, 0) is 20.3 Å². The molecule has 1 aromatic heterocycles. The molecule has 0 aliphatic carbocycles. The van der Waals surface area contributed by atoms with Crippen molar-refractivity contribution < 1.29 is 4.74 Å². The van der Waals surface area contributed by atoms with Crippen LogP contribution in [-0.2, 0) is 4.74 Å². The molecule has 0 saturated carbocycles. The second kappa shape index (κ2) is 4.14. The first-order valence-corrected chi connectivity index (χ1v) is 5.29. The van der Waals surface area contributed by atoms with Crippen LogP contribution in [0.4, 0.5) is 5.82 Å². The summed E-state index contributed by atoms with van der Waals surface area (Å²) in [5, 5.41) is 0.